The Labute approximate surface area is 131 Å². The normalized spacial score (nSPS) is 15.5. The lowest BCUT2D eigenvalue weighted by Gasteiger charge is -2.22. The van der Waals surface area contributed by atoms with Crippen molar-refractivity contribution < 1.29 is 9.53 Å². The molecule has 0 aromatic heterocycles. The number of ether oxygens (including phenoxy) is 1. The van der Waals surface area contributed by atoms with Crippen LogP contribution >= 0.6 is 11.6 Å². The average molecular weight is 311 g/mol. The molecule has 0 bridgehead atoms. The van der Waals surface area contributed by atoms with Crippen molar-refractivity contribution >= 4 is 17.6 Å². The Morgan fingerprint density at radius 2 is 2.10 bits per heavy atom. The second kappa shape index (κ2) is 8.13. The highest BCUT2D eigenvalue weighted by Gasteiger charge is 2.15. The largest absolute Gasteiger partial charge is 0.491 e. The molecule has 4 nitrogen and oxygen atoms in total. The lowest BCUT2D eigenvalue weighted by atomic mass is 9.96. The van der Waals surface area contributed by atoms with Gasteiger partial charge in [-0.1, -0.05) is 30.9 Å². The van der Waals surface area contributed by atoms with Gasteiger partial charge in [0, 0.05) is 11.1 Å². The number of aryl methyl sites for hydroxylation is 1. The van der Waals surface area contributed by atoms with E-state index in [2.05, 4.69) is 10.6 Å². The topological polar surface area (TPSA) is 50.4 Å². The first-order chi connectivity index (χ1) is 10.1. The third-order valence-electron chi connectivity index (χ3n) is 3.72. The van der Waals surface area contributed by atoms with Crippen LogP contribution in [0.2, 0.25) is 5.02 Å². The second-order valence-corrected chi connectivity index (χ2v) is 5.93. The minimum atomic E-state index is -0.0988. The van der Waals surface area contributed by atoms with Crippen LogP contribution in [0.25, 0.3) is 0 Å². The van der Waals surface area contributed by atoms with E-state index < -0.39 is 0 Å². The molecular weight excluding hydrogens is 288 g/mol. The molecule has 2 N–H and O–H groups in total. The van der Waals surface area contributed by atoms with Gasteiger partial charge >= 0.3 is 6.03 Å². The fraction of sp³-hybridized carbons (Fsp3) is 0.562. The van der Waals surface area contributed by atoms with E-state index >= 15 is 0 Å². The molecular formula is C16H23ClN2O2. The van der Waals surface area contributed by atoms with Gasteiger partial charge in [0.15, 0.2) is 0 Å². The Morgan fingerprint density at radius 3 is 2.81 bits per heavy atom. The van der Waals surface area contributed by atoms with Crippen LogP contribution in [0.15, 0.2) is 18.2 Å². The summed E-state index contributed by atoms with van der Waals surface area (Å²) in [5.74, 6) is 0.800. The SMILES string of the molecule is Cc1cc(Cl)ccc1OCCNC(=O)NC1CCCCC1. The Kier molecular flexibility index (Phi) is 6.18. The molecule has 0 aliphatic heterocycles. The maximum atomic E-state index is 11.7. The highest BCUT2D eigenvalue weighted by molar-refractivity contribution is 6.30. The van der Waals surface area contributed by atoms with Crippen molar-refractivity contribution in [1.82, 2.24) is 10.6 Å². The van der Waals surface area contributed by atoms with Crippen molar-refractivity contribution in [3.8, 4) is 5.75 Å². The lowest BCUT2D eigenvalue weighted by molar-refractivity contribution is 0.228. The molecule has 1 aliphatic rings. The van der Waals surface area contributed by atoms with E-state index in [1.165, 1.54) is 19.3 Å². The third kappa shape index (κ3) is 5.46. The highest BCUT2D eigenvalue weighted by atomic mass is 35.5. The lowest BCUT2D eigenvalue weighted by Crippen LogP contribution is -2.44. The zero-order chi connectivity index (χ0) is 15.1. The van der Waals surface area contributed by atoms with Crippen LogP contribution in [0.4, 0.5) is 4.79 Å². The first-order valence-corrected chi connectivity index (χ1v) is 7.96. The van der Waals surface area contributed by atoms with E-state index in [0.717, 1.165) is 24.2 Å². The smallest absolute Gasteiger partial charge is 0.315 e. The molecule has 1 aromatic rings. The molecule has 116 valence electrons. The van der Waals surface area contributed by atoms with Crippen molar-refractivity contribution in [3.05, 3.63) is 28.8 Å². The molecule has 5 heteroatoms. The highest BCUT2D eigenvalue weighted by Crippen LogP contribution is 2.21. The van der Waals surface area contributed by atoms with Gasteiger partial charge in [-0.05, 0) is 43.5 Å². The molecule has 0 radical (unpaired) electrons. The average Bonchev–Trinajstić information content (AvgIpc) is 2.46. The Bertz CT molecular complexity index is 473. The number of benzene rings is 1. The summed E-state index contributed by atoms with van der Waals surface area (Å²) in [7, 11) is 0. The predicted octanol–water partition coefficient (Wildman–Crippen LogP) is 3.66. The summed E-state index contributed by atoms with van der Waals surface area (Å²) in [4.78, 5) is 11.7. The first kappa shape index (κ1) is 16.0. The van der Waals surface area contributed by atoms with E-state index in [1.807, 2.05) is 19.1 Å². The molecule has 0 heterocycles. The van der Waals surface area contributed by atoms with Crippen molar-refractivity contribution in [3.63, 3.8) is 0 Å². The Balaban J connectivity index is 1.63. The molecule has 0 atom stereocenters. The van der Waals surface area contributed by atoms with Crippen molar-refractivity contribution in [1.29, 1.82) is 0 Å². The molecule has 0 unspecified atom stereocenters. The number of amides is 2. The maximum absolute atomic E-state index is 11.7. The van der Waals surface area contributed by atoms with Crippen LogP contribution in [0, 0.1) is 6.92 Å². The van der Waals surface area contributed by atoms with Gasteiger partial charge < -0.3 is 15.4 Å². The van der Waals surface area contributed by atoms with Crippen LogP contribution in [-0.2, 0) is 0 Å². The molecule has 1 aliphatic carbocycles. The van der Waals surface area contributed by atoms with Crippen LogP contribution in [0.3, 0.4) is 0 Å². The van der Waals surface area contributed by atoms with Gasteiger partial charge in [0.05, 0.1) is 6.54 Å². The summed E-state index contributed by atoms with van der Waals surface area (Å²) in [6.07, 6.45) is 5.89. The van der Waals surface area contributed by atoms with E-state index in [1.54, 1.807) is 6.07 Å². The third-order valence-corrected chi connectivity index (χ3v) is 3.96. The molecule has 2 amide bonds. The van der Waals surface area contributed by atoms with E-state index in [-0.39, 0.29) is 6.03 Å². The van der Waals surface area contributed by atoms with Gasteiger partial charge in [-0.3, -0.25) is 0 Å². The standard InChI is InChI=1S/C16H23ClN2O2/c1-12-11-13(17)7-8-15(12)21-10-9-18-16(20)19-14-5-3-2-4-6-14/h7-8,11,14H,2-6,9-10H2,1H3,(H2,18,19,20). The van der Waals surface area contributed by atoms with Gasteiger partial charge in [0.2, 0.25) is 0 Å². The van der Waals surface area contributed by atoms with Crippen LogP contribution in [0.1, 0.15) is 37.7 Å². The fourth-order valence-electron chi connectivity index (χ4n) is 2.58. The summed E-state index contributed by atoms with van der Waals surface area (Å²) >= 11 is 5.89. The van der Waals surface area contributed by atoms with Crippen LogP contribution in [-0.4, -0.2) is 25.2 Å². The number of urea groups is 1. The van der Waals surface area contributed by atoms with Crippen molar-refractivity contribution in [2.24, 2.45) is 0 Å². The molecule has 2 rings (SSSR count). The van der Waals surface area contributed by atoms with Gasteiger partial charge in [-0.2, -0.15) is 0 Å². The summed E-state index contributed by atoms with van der Waals surface area (Å²) < 4.78 is 5.63. The summed E-state index contributed by atoms with van der Waals surface area (Å²) in [6, 6.07) is 5.74. The van der Waals surface area contributed by atoms with Gasteiger partial charge in [-0.15, -0.1) is 0 Å². The molecule has 1 aromatic carbocycles. The number of nitrogens with one attached hydrogen (secondary N) is 2. The monoisotopic (exact) mass is 310 g/mol. The minimum absolute atomic E-state index is 0.0988. The number of rotatable bonds is 5. The number of hydrogen-bond donors (Lipinski definition) is 2. The van der Waals surface area contributed by atoms with Gasteiger partial charge in [0.25, 0.3) is 0 Å². The van der Waals surface area contributed by atoms with E-state index in [0.29, 0.717) is 24.2 Å². The maximum Gasteiger partial charge on any atom is 0.315 e. The fourth-order valence-corrected chi connectivity index (χ4v) is 2.81. The van der Waals surface area contributed by atoms with Gasteiger partial charge in [0.1, 0.15) is 12.4 Å². The van der Waals surface area contributed by atoms with Gasteiger partial charge in [-0.25, -0.2) is 4.79 Å². The molecule has 1 saturated carbocycles. The quantitative estimate of drug-likeness (QED) is 0.815. The molecule has 21 heavy (non-hydrogen) atoms. The zero-order valence-corrected chi connectivity index (χ0v) is 13.2. The summed E-state index contributed by atoms with van der Waals surface area (Å²) in [5.41, 5.74) is 0.995. The number of carbonyl (C=O) groups is 1. The van der Waals surface area contributed by atoms with Crippen molar-refractivity contribution in [2.45, 2.75) is 45.1 Å². The Morgan fingerprint density at radius 1 is 1.33 bits per heavy atom. The zero-order valence-electron chi connectivity index (χ0n) is 12.5. The van der Waals surface area contributed by atoms with E-state index in [9.17, 15) is 4.79 Å². The van der Waals surface area contributed by atoms with E-state index in [4.69, 9.17) is 16.3 Å². The minimum Gasteiger partial charge on any atom is -0.491 e. The van der Waals surface area contributed by atoms with Crippen molar-refractivity contribution in [2.75, 3.05) is 13.2 Å². The summed E-state index contributed by atoms with van der Waals surface area (Å²) in [5, 5.41) is 6.54. The Hall–Kier alpha value is -1.42. The predicted molar refractivity (Wildman–Crippen MR) is 85.1 cm³/mol. The second-order valence-electron chi connectivity index (χ2n) is 5.49. The van der Waals surface area contributed by atoms with Crippen LogP contribution in [0.5, 0.6) is 5.75 Å². The molecule has 1 fully saturated rings. The van der Waals surface area contributed by atoms with Crippen LogP contribution < -0.4 is 15.4 Å². The number of halogens is 1. The number of carbonyl (C=O) groups excluding carboxylic acids is 1. The number of hydrogen-bond acceptors (Lipinski definition) is 2. The molecule has 0 saturated heterocycles. The summed E-state index contributed by atoms with van der Waals surface area (Å²) in [6.45, 7) is 2.88. The molecule has 0 spiro atoms. The first-order valence-electron chi connectivity index (χ1n) is 7.58.